The summed E-state index contributed by atoms with van der Waals surface area (Å²) in [5.41, 5.74) is 2.33. The molecule has 0 N–H and O–H groups in total. The third-order valence-corrected chi connectivity index (χ3v) is 3.16. The maximum Gasteiger partial charge on any atom is 0.163 e. The Morgan fingerprint density at radius 1 is 1.36 bits per heavy atom. The number of halogens is 1. The van der Waals surface area contributed by atoms with Gasteiger partial charge in [-0.2, -0.15) is 5.26 Å². The second kappa shape index (κ2) is 3.55. The standard InChI is InChI=1S/C11H8BrNO/c12-10-5-7(6-13)4-9-8(10)2-1-3-11(9)14/h4-5H,1-3H2. The lowest BCUT2D eigenvalue weighted by atomic mass is 9.89. The minimum Gasteiger partial charge on any atom is -0.294 e. The molecule has 0 spiro atoms. The van der Waals surface area contributed by atoms with Gasteiger partial charge in [-0.25, -0.2) is 0 Å². The number of ketones is 1. The molecule has 0 atom stereocenters. The van der Waals surface area contributed by atoms with Gasteiger partial charge in [0.25, 0.3) is 0 Å². The third-order valence-electron chi connectivity index (χ3n) is 2.46. The van der Waals surface area contributed by atoms with E-state index >= 15 is 0 Å². The minimum absolute atomic E-state index is 0.157. The van der Waals surface area contributed by atoms with Crippen LogP contribution >= 0.6 is 15.9 Å². The van der Waals surface area contributed by atoms with Gasteiger partial charge in [0.1, 0.15) is 0 Å². The third kappa shape index (κ3) is 1.46. The average Bonchev–Trinajstić information content (AvgIpc) is 2.19. The number of carbonyl (C=O) groups excluding carboxylic acids is 1. The number of carbonyl (C=O) groups is 1. The molecule has 0 aliphatic heterocycles. The number of nitrogens with zero attached hydrogens (tertiary/aromatic N) is 1. The molecule has 14 heavy (non-hydrogen) atoms. The molecule has 0 amide bonds. The number of nitriles is 1. The first-order valence-corrected chi connectivity index (χ1v) is 5.27. The fourth-order valence-corrected chi connectivity index (χ4v) is 2.42. The van der Waals surface area contributed by atoms with Gasteiger partial charge in [-0.05, 0) is 30.5 Å². The SMILES string of the molecule is N#Cc1cc(Br)c2c(c1)C(=O)CCC2. The van der Waals surface area contributed by atoms with Gasteiger partial charge < -0.3 is 0 Å². The van der Waals surface area contributed by atoms with Crippen LogP contribution < -0.4 is 0 Å². The molecule has 0 saturated heterocycles. The number of rotatable bonds is 0. The maximum absolute atomic E-state index is 11.6. The van der Waals surface area contributed by atoms with E-state index in [4.69, 9.17) is 5.26 Å². The zero-order valence-corrected chi connectivity index (χ0v) is 9.10. The van der Waals surface area contributed by atoms with Crippen LogP contribution in [-0.4, -0.2) is 5.78 Å². The second-order valence-electron chi connectivity index (χ2n) is 3.37. The van der Waals surface area contributed by atoms with Gasteiger partial charge in [-0.1, -0.05) is 15.9 Å². The van der Waals surface area contributed by atoms with E-state index in [0.29, 0.717) is 12.0 Å². The summed E-state index contributed by atoms with van der Waals surface area (Å²) >= 11 is 3.40. The Bertz CT molecular complexity index is 445. The summed E-state index contributed by atoms with van der Waals surface area (Å²) in [6, 6.07) is 5.53. The van der Waals surface area contributed by atoms with Gasteiger partial charge in [0.2, 0.25) is 0 Å². The van der Waals surface area contributed by atoms with Crippen LogP contribution in [0.15, 0.2) is 16.6 Å². The average molecular weight is 250 g/mol. The molecule has 0 fully saturated rings. The molecule has 0 aromatic heterocycles. The first-order valence-electron chi connectivity index (χ1n) is 4.48. The highest BCUT2D eigenvalue weighted by Crippen LogP contribution is 2.29. The van der Waals surface area contributed by atoms with E-state index < -0.39 is 0 Å². The molecule has 1 aliphatic rings. The second-order valence-corrected chi connectivity index (χ2v) is 4.23. The predicted octanol–water partition coefficient (Wildman–Crippen LogP) is 2.84. The van der Waals surface area contributed by atoms with E-state index in [1.165, 1.54) is 0 Å². The molecule has 2 nitrogen and oxygen atoms in total. The zero-order chi connectivity index (χ0) is 10.1. The van der Waals surface area contributed by atoms with Crippen molar-refractivity contribution in [3.63, 3.8) is 0 Å². The van der Waals surface area contributed by atoms with Crippen molar-refractivity contribution in [1.82, 2.24) is 0 Å². The van der Waals surface area contributed by atoms with Crippen LogP contribution in [0.5, 0.6) is 0 Å². The normalized spacial score (nSPS) is 14.7. The van der Waals surface area contributed by atoms with Crippen molar-refractivity contribution in [3.05, 3.63) is 33.3 Å². The van der Waals surface area contributed by atoms with Gasteiger partial charge >= 0.3 is 0 Å². The number of hydrogen-bond acceptors (Lipinski definition) is 2. The smallest absolute Gasteiger partial charge is 0.163 e. The number of hydrogen-bond donors (Lipinski definition) is 0. The summed E-state index contributed by atoms with van der Waals surface area (Å²) in [6.45, 7) is 0. The van der Waals surface area contributed by atoms with Crippen LogP contribution in [0.4, 0.5) is 0 Å². The fraction of sp³-hybridized carbons (Fsp3) is 0.273. The van der Waals surface area contributed by atoms with Gasteiger partial charge in [0, 0.05) is 16.5 Å². The van der Waals surface area contributed by atoms with E-state index in [-0.39, 0.29) is 5.78 Å². The highest BCUT2D eigenvalue weighted by molar-refractivity contribution is 9.10. The molecule has 0 saturated carbocycles. The minimum atomic E-state index is 0.157. The lowest BCUT2D eigenvalue weighted by molar-refractivity contribution is 0.0972. The molecule has 1 aliphatic carbocycles. The van der Waals surface area contributed by atoms with E-state index in [1.807, 2.05) is 0 Å². The van der Waals surface area contributed by atoms with Crippen LogP contribution in [0.3, 0.4) is 0 Å². The van der Waals surface area contributed by atoms with Gasteiger partial charge in [0.15, 0.2) is 5.78 Å². The van der Waals surface area contributed by atoms with E-state index in [1.54, 1.807) is 12.1 Å². The maximum atomic E-state index is 11.6. The van der Waals surface area contributed by atoms with E-state index in [0.717, 1.165) is 28.4 Å². The van der Waals surface area contributed by atoms with Crippen LogP contribution in [-0.2, 0) is 6.42 Å². The Labute approximate surface area is 90.7 Å². The predicted molar refractivity (Wildman–Crippen MR) is 56.1 cm³/mol. The van der Waals surface area contributed by atoms with Crippen molar-refractivity contribution in [2.45, 2.75) is 19.3 Å². The fourth-order valence-electron chi connectivity index (χ4n) is 1.76. The first-order chi connectivity index (χ1) is 6.72. The molecule has 0 radical (unpaired) electrons. The largest absolute Gasteiger partial charge is 0.294 e. The monoisotopic (exact) mass is 249 g/mol. The van der Waals surface area contributed by atoms with E-state index in [9.17, 15) is 4.79 Å². The summed E-state index contributed by atoms with van der Waals surface area (Å²) in [4.78, 5) is 11.6. The van der Waals surface area contributed by atoms with Crippen molar-refractivity contribution in [2.24, 2.45) is 0 Å². The van der Waals surface area contributed by atoms with Crippen LogP contribution in [0.1, 0.15) is 34.3 Å². The molecule has 70 valence electrons. The Hall–Kier alpha value is -1.14. The number of Topliss-reactive ketones (excluding diaryl/α,β-unsaturated/α-hetero) is 1. The van der Waals surface area contributed by atoms with Gasteiger partial charge in [0.05, 0.1) is 11.6 Å². The van der Waals surface area contributed by atoms with Crippen molar-refractivity contribution < 1.29 is 4.79 Å². The Balaban J connectivity index is 2.64. The lowest BCUT2D eigenvalue weighted by Crippen LogP contribution is -2.11. The summed E-state index contributed by atoms with van der Waals surface area (Å²) in [5.74, 6) is 0.157. The van der Waals surface area contributed by atoms with Crippen molar-refractivity contribution in [2.75, 3.05) is 0 Å². The van der Waals surface area contributed by atoms with Crippen LogP contribution in [0.2, 0.25) is 0 Å². The van der Waals surface area contributed by atoms with Gasteiger partial charge in [-0.15, -0.1) is 0 Å². The lowest BCUT2D eigenvalue weighted by Gasteiger charge is -2.16. The number of benzene rings is 1. The zero-order valence-electron chi connectivity index (χ0n) is 7.51. The Morgan fingerprint density at radius 3 is 2.86 bits per heavy atom. The Morgan fingerprint density at radius 2 is 2.14 bits per heavy atom. The number of fused-ring (bicyclic) bond motifs is 1. The summed E-state index contributed by atoms with van der Waals surface area (Å²) in [6.07, 6.45) is 2.44. The molecular formula is C11H8BrNO. The van der Waals surface area contributed by atoms with Crippen LogP contribution in [0, 0.1) is 11.3 Å². The highest BCUT2D eigenvalue weighted by Gasteiger charge is 2.19. The Kier molecular flexibility index (Phi) is 2.39. The van der Waals surface area contributed by atoms with Crippen molar-refractivity contribution in [3.8, 4) is 6.07 Å². The summed E-state index contributed by atoms with van der Waals surface area (Å²) < 4.78 is 0.889. The topological polar surface area (TPSA) is 40.9 Å². The molecule has 1 aromatic rings. The molecule has 3 heteroatoms. The van der Waals surface area contributed by atoms with Crippen LogP contribution in [0.25, 0.3) is 0 Å². The summed E-state index contributed by atoms with van der Waals surface area (Å²) in [5, 5.41) is 8.77. The quantitative estimate of drug-likeness (QED) is 0.710. The molecule has 1 aromatic carbocycles. The molecule has 0 heterocycles. The highest BCUT2D eigenvalue weighted by atomic mass is 79.9. The van der Waals surface area contributed by atoms with E-state index in [2.05, 4.69) is 22.0 Å². The van der Waals surface area contributed by atoms with Gasteiger partial charge in [-0.3, -0.25) is 4.79 Å². The summed E-state index contributed by atoms with van der Waals surface area (Å²) in [7, 11) is 0. The molecule has 0 bridgehead atoms. The van der Waals surface area contributed by atoms with Crippen molar-refractivity contribution in [1.29, 1.82) is 5.26 Å². The molecule has 0 unspecified atom stereocenters. The van der Waals surface area contributed by atoms with Crippen molar-refractivity contribution >= 4 is 21.7 Å². The molecule has 2 rings (SSSR count). The molecular weight excluding hydrogens is 242 g/mol. The first kappa shape index (κ1) is 9.42.